The van der Waals surface area contributed by atoms with Gasteiger partial charge >= 0.3 is 0 Å². The highest BCUT2D eigenvalue weighted by atomic mass is 16.5. The molecule has 0 spiro atoms. The van der Waals surface area contributed by atoms with Crippen LogP contribution in [0.15, 0.2) is 4.99 Å². The smallest absolute Gasteiger partial charge is 0.0972 e. The SMILES string of the molecule is COCC(C)N=C(N)C1CCCC1. The normalized spacial score (nSPS) is 22.2. The summed E-state index contributed by atoms with van der Waals surface area (Å²) in [6, 6.07) is 0.200. The van der Waals surface area contributed by atoms with E-state index in [9.17, 15) is 0 Å². The Hall–Kier alpha value is -0.570. The van der Waals surface area contributed by atoms with Gasteiger partial charge in [0.25, 0.3) is 0 Å². The van der Waals surface area contributed by atoms with E-state index in [0.717, 1.165) is 5.84 Å². The summed E-state index contributed by atoms with van der Waals surface area (Å²) in [6.45, 7) is 2.69. The maximum atomic E-state index is 5.90. The Bertz CT molecular complexity index is 174. The number of amidine groups is 1. The fraction of sp³-hybridized carbons (Fsp3) is 0.900. The molecule has 1 fully saturated rings. The third kappa shape index (κ3) is 3.35. The van der Waals surface area contributed by atoms with Crippen molar-refractivity contribution in [3.8, 4) is 0 Å². The molecule has 76 valence electrons. The fourth-order valence-corrected chi connectivity index (χ4v) is 1.86. The van der Waals surface area contributed by atoms with Crippen LogP contribution in [0.3, 0.4) is 0 Å². The summed E-state index contributed by atoms with van der Waals surface area (Å²) in [7, 11) is 1.69. The zero-order valence-corrected chi connectivity index (χ0v) is 8.62. The molecule has 2 N–H and O–H groups in total. The van der Waals surface area contributed by atoms with Gasteiger partial charge < -0.3 is 10.5 Å². The van der Waals surface area contributed by atoms with Crippen LogP contribution in [-0.2, 0) is 4.74 Å². The first-order chi connectivity index (χ1) is 6.24. The molecule has 0 aromatic rings. The Labute approximate surface area is 80.4 Å². The molecule has 13 heavy (non-hydrogen) atoms. The number of ether oxygens (including phenoxy) is 1. The molecule has 1 aliphatic carbocycles. The van der Waals surface area contributed by atoms with E-state index in [4.69, 9.17) is 10.5 Å². The molecule has 3 nitrogen and oxygen atoms in total. The van der Waals surface area contributed by atoms with Crippen molar-refractivity contribution >= 4 is 5.84 Å². The maximum absolute atomic E-state index is 5.90. The summed E-state index contributed by atoms with van der Waals surface area (Å²) in [4.78, 5) is 4.42. The Morgan fingerprint density at radius 2 is 2.15 bits per heavy atom. The molecule has 0 saturated heterocycles. The van der Waals surface area contributed by atoms with E-state index in [2.05, 4.69) is 4.99 Å². The van der Waals surface area contributed by atoms with E-state index in [1.165, 1.54) is 25.7 Å². The minimum Gasteiger partial charge on any atom is -0.387 e. The molecular formula is C10H20N2O. The van der Waals surface area contributed by atoms with Gasteiger partial charge in [-0.2, -0.15) is 0 Å². The van der Waals surface area contributed by atoms with E-state index < -0.39 is 0 Å². The van der Waals surface area contributed by atoms with Gasteiger partial charge in [0.2, 0.25) is 0 Å². The molecule has 0 bridgehead atoms. The van der Waals surface area contributed by atoms with Crippen LogP contribution in [-0.4, -0.2) is 25.6 Å². The van der Waals surface area contributed by atoms with Gasteiger partial charge in [0.05, 0.1) is 18.5 Å². The van der Waals surface area contributed by atoms with E-state index in [1.807, 2.05) is 6.92 Å². The maximum Gasteiger partial charge on any atom is 0.0972 e. The van der Waals surface area contributed by atoms with Crippen LogP contribution in [0.2, 0.25) is 0 Å². The minimum atomic E-state index is 0.200. The first kappa shape index (κ1) is 10.5. The summed E-state index contributed by atoms with van der Waals surface area (Å²) in [5.41, 5.74) is 5.90. The second-order valence-corrected chi connectivity index (χ2v) is 3.84. The number of aliphatic imine (C=N–C) groups is 1. The van der Waals surface area contributed by atoms with E-state index in [-0.39, 0.29) is 6.04 Å². The zero-order chi connectivity index (χ0) is 9.68. The molecule has 1 saturated carbocycles. The number of hydrogen-bond acceptors (Lipinski definition) is 2. The summed E-state index contributed by atoms with van der Waals surface area (Å²) >= 11 is 0. The number of rotatable bonds is 4. The van der Waals surface area contributed by atoms with Gasteiger partial charge in [0.15, 0.2) is 0 Å². The molecule has 0 aromatic heterocycles. The summed E-state index contributed by atoms with van der Waals surface area (Å²) in [6.07, 6.45) is 5.04. The molecule has 0 amide bonds. The molecule has 0 aromatic carbocycles. The number of nitrogens with zero attached hydrogens (tertiary/aromatic N) is 1. The summed E-state index contributed by atoms with van der Waals surface area (Å²) in [5, 5.41) is 0. The van der Waals surface area contributed by atoms with Crippen molar-refractivity contribution in [2.75, 3.05) is 13.7 Å². The molecule has 0 aliphatic heterocycles. The zero-order valence-electron chi connectivity index (χ0n) is 8.62. The largest absolute Gasteiger partial charge is 0.387 e. The third-order valence-electron chi connectivity index (χ3n) is 2.55. The number of hydrogen-bond donors (Lipinski definition) is 1. The van der Waals surface area contributed by atoms with Crippen LogP contribution in [0.4, 0.5) is 0 Å². The van der Waals surface area contributed by atoms with E-state index in [1.54, 1.807) is 7.11 Å². The average Bonchev–Trinajstić information content (AvgIpc) is 2.55. The standard InChI is InChI=1S/C10H20N2O/c1-8(7-13-2)12-10(11)9-5-3-4-6-9/h8-9H,3-7H2,1-2H3,(H2,11,12). The number of nitrogens with two attached hydrogens (primary N) is 1. The molecular weight excluding hydrogens is 164 g/mol. The van der Waals surface area contributed by atoms with Gasteiger partial charge in [-0.15, -0.1) is 0 Å². The predicted octanol–water partition coefficient (Wildman–Crippen LogP) is 1.57. The Balaban J connectivity index is 2.39. The van der Waals surface area contributed by atoms with Crippen LogP contribution in [0.1, 0.15) is 32.6 Å². The van der Waals surface area contributed by atoms with Crippen molar-refractivity contribution in [3.63, 3.8) is 0 Å². The van der Waals surface area contributed by atoms with Gasteiger partial charge in [-0.25, -0.2) is 0 Å². The molecule has 1 atom stereocenters. The topological polar surface area (TPSA) is 47.6 Å². The molecule has 0 heterocycles. The highest BCUT2D eigenvalue weighted by Crippen LogP contribution is 2.24. The van der Waals surface area contributed by atoms with Crippen molar-refractivity contribution in [1.29, 1.82) is 0 Å². The lowest BCUT2D eigenvalue weighted by molar-refractivity contribution is 0.185. The van der Waals surface area contributed by atoms with Crippen molar-refractivity contribution in [1.82, 2.24) is 0 Å². The van der Waals surface area contributed by atoms with Crippen molar-refractivity contribution < 1.29 is 4.74 Å². The molecule has 3 heteroatoms. The van der Waals surface area contributed by atoms with Gasteiger partial charge in [-0.3, -0.25) is 4.99 Å². The van der Waals surface area contributed by atoms with Gasteiger partial charge in [0, 0.05) is 13.0 Å². The highest BCUT2D eigenvalue weighted by molar-refractivity contribution is 5.83. The van der Waals surface area contributed by atoms with Crippen LogP contribution in [0.5, 0.6) is 0 Å². The minimum absolute atomic E-state index is 0.200. The lowest BCUT2D eigenvalue weighted by Crippen LogP contribution is -2.24. The second kappa shape index (κ2) is 5.22. The lowest BCUT2D eigenvalue weighted by atomic mass is 10.1. The summed E-state index contributed by atoms with van der Waals surface area (Å²) in [5.74, 6) is 1.38. The second-order valence-electron chi connectivity index (χ2n) is 3.84. The van der Waals surface area contributed by atoms with E-state index >= 15 is 0 Å². The van der Waals surface area contributed by atoms with Crippen molar-refractivity contribution in [2.45, 2.75) is 38.6 Å². The van der Waals surface area contributed by atoms with Crippen molar-refractivity contribution in [2.24, 2.45) is 16.6 Å². The monoisotopic (exact) mass is 184 g/mol. The first-order valence-corrected chi connectivity index (χ1v) is 5.06. The van der Waals surface area contributed by atoms with E-state index in [0.29, 0.717) is 12.5 Å². The Morgan fingerprint density at radius 1 is 1.54 bits per heavy atom. The van der Waals surface area contributed by atoms with Crippen LogP contribution < -0.4 is 5.73 Å². The molecule has 1 unspecified atom stereocenters. The van der Waals surface area contributed by atoms with Gasteiger partial charge in [-0.1, -0.05) is 12.8 Å². The van der Waals surface area contributed by atoms with Gasteiger partial charge in [-0.05, 0) is 19.8 Å². The van der Waals surface area contributed by atoms with Crippen LogP contribution in [0, 0.1) is 5.92 Å². The predicted molar refractivity (Wildman–Crippen MR) is 54.9 cm³/mol. The average molecular weight is 184 g/mol. The Morgan fingerprint density at radius 3 is 2.69 bits per heavy atom. The molecule has 1 rings (SSSR count). The third-order valence-corrected chi connectivity index (χ3v) is 2.55. The summed E-state index contributed by atoms with van der Waals surface area (Å²) < 4.78 is 5.00. The Kier molecular flexibility index (Phi) is 4.22. The molecule has 0 radical (unpaired) electrons. The highest BCUT2D eigenvalue weighted by Gasteiger charge is 2.18. The van der Waals surface area contributed by atoms with Gasteiger partial charge in [0.1, 0.15) is 0 Å². The van der Waals surface area contributed by atoms with Crippen molar-refractivity contribution in [3.05, 3.63) is 0 Å². The van der Waals surface area contributed by atoms with Crippen LogP contribution >= 0.6 is 0 Å². The fourth-order valence-electron chi connectivity index (χ4n) is 1.86. The molecule has 1 aliphatic rings. The number of methoxy groups -OCH3 is 1. The quantitative estimate of drug-likeness (QED) is 0.532. The van der Waals surface area contributed by atoms with Crippen LogP contribution in [0.25, 0.3) is 0 Å². The lowest BCUT2D eigenvalue weighted by Gasteiger charge is -2.11. The first-order valence-electron chi connectivity index (χ1n) is 5.06.